The molecular weight excluding hydrogens is 273 g/mol. The van der Waals surface area contributed by atoms with Crippen LogP contribution in [0.15, 0.2) is 29.2 Å². The van der Waals surface area contributed by atoms with E-state index in [-0.39, 0.29) is 0 Å². The van der Waals surface area contributed by atoms with Gasteiger partial charge in [-0.1, -0.05) is 6.07 Å². The van der Waals surface area contributed by atoms with Crippen molar-refractivity contribution in [2.24, 2.45) is 0 Å². The van der Waals surface area contributed by atoms with Crippen molar-refractivity contribution in [1.29, 1.82) is 0 Å². The van der Waals surface area contributed by atoms with Crippen molar-refractivity contribution in [3.8, 4) is 0 Å². The molecule has 0 fully saturated rings. The minimum Gasteiger partial charge on any atom is -0.394 e. The number of sulfone groups is 1. The molecule has 102 valence electrons. The summed E-state index contributed by atoms with van der Waals surface area (Å²) >= 11 is 0. The molecule has 0 aliphatic carbocycles. The molecule has 2 N–H and O–H groups in total. The second-order valence-corrected chi connectivity index (χ2v) is 5.68. The number of aliphatic hydroxyl groups excluding tert-OH is 2. The fourth-order valence-electron chi connectivity index (χ4n) is 1.27. The van der Waals surface area contributed by atoms with Crippen molar-refractivity contribution in [3.63, 3.8) is 0 Å². The van der Waals surface area contributed by atoms with Crippen LogP contribution in [-0.4, -0.2) is 37.1 Å². The summed E-state index contributed by atoms with van der Waals surface area (Å²) in [6, 6.07) is 3.23. The Morgan fingerprint density at radius 3 is 2.39 bits per heavy atom. The van der Waals surface area contributed by atoms with Crippen molar-refractivity contribution in [3.05, 3.63) is 29.8 Å². The van der Waals surface area contributed by atoms with E-state index < -0.39 is 44.9 Å². The van der Waals surface area contributed by atoms with Gasteiger partial charge in [0, 0.05) is 0 Å². The molecule has 8 heteroatoms. The Bertz CT molecular complexity index is 510. The largest absolute Gasteiger partial charge is 0.416 e. The van der Waals surface area contributed by atoms with E-state index in [9.17, 15) is 21.6 Å². The SMILES string of the molecule is O=S(=O)(CC(O)CO)c1cccc(C(F)(F)F)c1. The first-order chi connectivity index (χ1) is 8.16. The van der Waals surface area contributed by atoms with E-state index in [1.54, 1.807) is 0 Å². The average molecular weight is 284 g/mol. The summed E-state index contributed by atoms with van der Waals surface area (Å²) in [7, 11) is -4.06. The molecule has 18 heavy (non-hydrogen) atoms. The lowest BCUT2D eigenvalue weighted by Crippen LogP contribution is -2.24. The fraction of sp³-hybridized carbons (Fsp3) is 0.400. The molecule has 4 nitrogen and oxygen atoms in total. The average Bonchev–Trinajstić information content (AvgIpc) is 2.27. The van der Waals surface area contributed by atoms with Crippen LogP contribution in [-0.2, 0) is 16.0 Å². The highest BCUT2D eigenvalue weighted by Crippen LogP contribution is 2.30. The summed E-state index contributed by atoms with van der Waals surface area (Å²) < 4.78 is 60.5. The first-order valence-electron chi connectivity index (χ1n) is 4.86. The molecule has 0 aliphatic rings. The Labute approximate surface area is 102 Å². The molecule has 0 amide bonds. The summed E-state index contributed by atoms with van der Waals surface area (Å²) in [6.45, 7) is -0.780. The molecule has 1 aromatic rings. The molecule has 0 aliphatic heterocycles. The van der Waals surface area contributed by atoms with Gasteiger partial charge in [-0.2, -0.15) is 13.2 Å². The lowest BCUT2D eigenvalue weighted by atomic mass is 10.2. The Hall–Kier alpha value is -1.12. The summed E-state index contributed by atoms with van der Waals surface area (Å²) in [4.78, 5) is -0.537. The Kier molecular flexibility index (Phi) is 4.36. The molecule has 1 atom stereocenters. The van der Waals surface area contributed by atoms with Crippen molar-refractivity contribution in [2.45, 2.75) is 17.2 Å². The maximum Gasteiger partial charge on any atom is 0.416 e. The molecule has 1 rings (SSSR count). The van der Waals surface area contributed by atoms with E-state index >= 15 is 0 Å². The van der Waals surface area contributed by atoms with E-state index in [0.29, 0.717) is 6.07 Å². The van der Waals surface area contributed by atoms with Crippen molar-refractivity contribution in [2.75, 3.05) is 12.4 Å². The molecule has 0 heterocycles. The third-order valence-corrected chi connectivity index (χ3v) is 3.94. The summed E-state index contributed by atoms with van der Waals surface area (Å²) in [5.41, 5.74) is -1.08. The van der Waals surface area contributed by atoms with Crippen LogP contribution >= 0.6 is 0 Å². The van der Waals surface area contributed by atoms with Crippen LogP contribution in [0.2, 0.25) is 0 Å². The first-order valence-corrected chi connectivity index (χ1v) is 6.51. The fourth-order valence-corrected chi connectivity index (χ4v) is 2.66. The third-order valence-electron chi connectivity index (χ3n) is 2.14. The van der Waals surface area contributed by atoms with Crippen molar-refractivity contribution in [1.82, 2.24) is 0 Å². The van der Waals surface area contributed by atoms with Gasteiger partial charge in [-0.05, 0) is 18.2 Å². The van der Waals surface area contributed by atoms with E-state index in [1.807, 2.05) is 0 Å². The van der Waals surface area contributed by atoms with Crippen molar-refractivity contribution >= 4 is 9.84 Å². The van der Waals surface area contributed by atoms with E-state index in [2.05, 4.69) is 0 Å². The predicted molar refractivity (Wildman–Crippen MR) is 56.6 cm³/mol. The van der Waals surface area contributed by atoms with Gasteiger partial charge in [0.05, 0.1) is 28.9 Å². The monoisotopic (exact) mass is 284 g/mol. The van der Waals surface area contributed by atoms with Crippen LogP contribution in [0.1, 0.15) is 5.56 Å². The minimum atomic E-state index is -4.64. The zero-order valence-corrected chi connectivity index (χ0v) is 9.87. The molecule has 1 unspecified atom stereocenters. The molecule has 1 aromatic carbocycles. The number of rotatable bonds is 4. The van der Waals surface area contributed by atoms with Crippen LogP contribution in [0, 0.1) is 0 Å². The first kappa shape index (κ1) is 14.9. The van der Waals surface area contributed by atoms with Gasteiger partial charge in [-0.25, -0.2) is 8.42 Å². The number of hydrogen-bond acceptors (Lipinski definition) is 4. The number of aliphatic hydroxyl groups is 2. The van der Waals surface area contributed by atoms with Gasteiger partial charge in [0.25, 0.3) is 0 Å². The zero-order chi connectivity index (χ0) is 14.0. The second-order valence-electron chi connectivity index (χ2n) is 3.64. The van der Waals surface area contributed by atoms with E-state index in [0.717, 1.165) is 18.2 Å². The van der Waals surface area contributed by atoms with Gasteiger partial charge in [0.1, 0.15) is 0 Å². The highest BCUT2D eigenvalue weighted by atomic mass is 32.2. The van der Waals surface area contributed by atoms with Crippen LogP contribution in [0.3, 0.4) is 0 Å². The number of benzene rings is 1. The van der Waals surface area contributed by atoms with Gasteiger partial charge in [-0.3, -0.25) is 0 Å². The third kappa shape index (κ3) is 3.69. The van der Waals surface area contributed by atoms with Crippen molar-refractivity contribution < 1.29 is 31.8 Å². The standard InChI is InChI=1S/C10H11F3O4S/c11-10(12,13)7-2-1-3-9(4-7)18(16,17)6-8(15)5-14/h1-4,8,14-15H,5-6H2. The summed E-state index contributed by atoms with van der Waals surface area (Å²) in [6.07, 6.45) is -6.16. The van der Waals surface area contributed by atoms with Gasteiger partial charge < -0.3 is 10.2 Å². The summed E-state index contributed by atoms with van der Waals surface area (Å²) in [5.74, 6) is -0.829. The minimum absolute atomic E-state index is 0.499. The quantitative estimate of drug-likeness (QED) is 0.859. The van der Waals surface area contributed by atoms with Gasteiger partial charge in [0.2, 0.25) is 0 Å². The lowest BCUT2D eigenvalue weighted by Gasteiger charge is -2.11. The molecule has 0 radical (unpaired) electrons. The zero-order valence-electron chi connectivity index (χ0n) is 9.05. The molecular formula is C10H11F3O4S. The van der Waals surface area contributed by atoms with E-state index in [4.69, 9.17) is 10.2 Å². The Balaban J connectivity index is 3.11. The topological polar surface area (TPSA) is 74.6 Å². The van der Waals surface area contributed by atoms with Crippen LogP contribution in [0.5, 0.6) is 0 Å². The molecule has 0 saturated carbocycles. The highest BCUT2D eigenvalue weighted by Gasteiger charge is 2.31. The Morgan fingerprint density at radius 1 is 1.28 bits per heavy atom. The molecule has 0 aromatic heterocycles. The maximum absolute atomic E-state index is 12.4. The van der Waals surface area contributed by atoms with Gasteiger partial charge in [-0.15, -0.1) is 0 Å². The second kappa shape index (κ2) is 5.25. The van der Waals surface area contributed by atoms with Crippen LogP contribution in [0.4, 0.5) is 13.2 Å². The molecule has 0 saturated heterocycles. The molecule has 0 bridgehead atoms. The predicted octanol–water partition coefficient (Wildman–Crippen LogP) is 0.832. The normalized spacial score (nSPS) is 14.5. The van der Waals surface area contributed by atoms with E-state index in [1.165, 1.54) is 0 Å². The molecule has 0 spiro atoms. The van der Waals surface area contributed by atoms with Crippen LogP contribution in [0.25, 0.3) is 0 Å². The van der Waals surface area contributed by atoms with Gasteiger partial charge in [0.15, 0.2) is 9.84 Å². The Morgan fingerprint density at radius 2 is 1.89 bits per heavy atom. The summed E-state index contributed by atoms with van der Waals surface area (Å²) in [5, 5.41) is 17.6. The van der Waals surface area contributed by atoms with Crippen LogP contribution < -0.4 is 0 Å². The smallest absolute Gasteiger partial charge is 0.394 e. The number of alkyl halides is 3. The van der Waals surface area contributed by atoms with Gasteiger partial charge >= 0.3 is 6.18 Å². The lowest BCUT2D eigenvalue weighted by molar-refractivity contribution is -0.137. The maximum atomic E-state index is 12.4. The highest BCUT2D eigenvalue weighted by molar-refractivity contribution is 7.91. The number of halogens is 3. The number of hydrogen-bond donors (Lipinski definition) is 2.